The summed E-state index contributed by atoms with van der Waals surface area (Å²) in [7, 11) is 0. The summed E-state index contributed by atoms with van der Waals surface area (Å²) in [5, 5.41) is 5.61. The van der Waals surface area contributed by atoms with Crippen LogP contribution in [0.1, 0.15) is 15.9 Å². The molecule has 27 heavy (non-hydrogen) atoms. The van der Waals surface area contributed by atoms with Gasteiger partial charge >= 0.3 is 0 Å². The number of anilines is 2. The van der Waals surface area contributed by atoms with Gasteiger partial charge in [-0.15, -0.1) is 0 Å². The summed E-state index contributed by atoms with van der Waals surface area (Å²) < 4.78 is 26.0. The number of carbonyl (C=O) groups is 1. The van der Waals surface area contributed by atoms with Crippen molar-refractivity contribution in [1.82, 2.24) is 15.3 Å². The summed E-state index contributed by atoms with van der Waals surface area (Å²) in [5.74, 6) is -0.874. The van der Waals surface area contributed by atoms with Crippen molar-refractivity contribution < 1.29 is 13.6 Å². The molecule has 0 spiro atoms. The molecule has 138 valence electrons. The molecule has 2 N–H and O–H groups in total. The molecule has 1 heterocycles. The second-order valence-electron chi connectivity index (χ2n) is 5.68. The fraction of sp³-hybridized carbons (Fsp3) is 0.105. The van der Waals surface area contributed by atoms with E-state index >= 15 is 0 Å². The number of amides is 1. The lowest BCUT2D eigenvalue weighted by molar-refractivity contribution is 0.0953. The average Bonchev–Trinajstić information content (AvgIpc) is 2.67. The Bertz CT molecular complexity index is 933. The quantitative estimate of drug-likeness (QED) is 0.666. The molecule has 0 aliphatic rings. The van der Waals surface area contributed by atoms with Gasteiger partial charge in [-0.1, -0.05) is 23.7 Å². The van der Waals surface area contributed by atoms with Crippen LogP contribution in [0.5, 0.6) is 0 Å². The Balaban J connectivity index is 1.53. The Hall–Kier alpha value is -3.06. The topological polar surface area (TPSA) is 66.9 Å². The van der Waals surface area contributed by atoms with Gasteiger partial charge in [0, 0.05) is 24.6 Å². The summed E-state index contributed by atoms with van der Waals surface area (Å²) >= 11 is 5.72. The third-order valence-corrected chi connectivity index (χ3v) is 3.99. The largest absolute Gasteiger partial charge is 0.352 e. The van der Waals surface area contributed by atoms with Crippen LogP contribution in [0.15, 0.2) is 54.9 Å². The van der Waals surface area contributed by atoms with Crippen molar-refractivity contribution in [2.75, 3.05) is 11.9 Å². The average molecular weight is 389 g/mol. The lowest BCUT2D eigenvalue weighted by Crippen LogP contribution is -2.26. The second-order valence-corrected chi connectivity index (χ2v) is 6.09. The number of nitrogens with zero attached hydrogens (tertiary/aromatic N) is 2. The highest BCUT2D eigenvalue weighted by Crippen LogP contribution is 2.21. The van der Waals surface area contributed by atoms with Crippen LogP contribution >= 0.6 is 11.6 Å². The molecule has 8 heteroatoms. The Kier molecular flexibility index (Phi) is 5.93. The number of halogens is 3. The highest BCUT2D eigenvalue weighted by molar-refractivity contribution is 6.31. The molecule has 3 aromatic rings. The summed E-state index contributed by atoms with van der Waals surface area (Å²) in [5.41, 5.74) is 1.75. The van der Waals surface area contributed by atoms with Crippen LogP contribution in [0.25, 0.3) is 0 Å². The number of rotatable bonds is 6. The number of aromatic nitrogens is 2. The van der Waals surface area contributed by atoms with Crippen molar-refractivity contribution >= 4 is 29.1 Å². The third-order valence-electron chi connectivity index (χ3n) is 3.70. The molecule has 2 aromatic carbocycles. The van der Waals surface area contributed by atoms with E-state index in [-0.39, 0.29) is 22.7 Å². The van der Waals surface area contributed by atoms with Crippen molar-refractivity contribution in [2.24, 2.45) is 0 Å². The van der Waals surface area contributed by atoms with Gasteiger partial charge in [0.25, 0.3) is 5.91 Å². The molecule has 0 atom stereocenters. The van der Waals surface area contributed by atoms with Gasteiger partial charge in [-0.05, 0) is 42.3 Å². The zero-order chi connectivity index (χ0) is 19.2. The molecular formula is C19H15ClF2N4O. The van der Waals surface area contributed by atoms with E-state index in [0.29, 0.717) is 24.2 Å². The van der Waals surface area contributed by atoms with Crippen molar-refractivity contribution in [3.63, 3.8) is 0 Å². The molecule has 0 aliphatic heterocycles. The predicted molar refractivity (Wildman–Crippen MR) is 99.2 cm³/mol. The maximum absolute atomic E-state index is 13.2. The van der Waals surface area contributed by atoms with E-state index in [1.54, 1.807) is 12.1 Å². The van der Waals surface area contributed by atoms with Crippen molar-refractivity contribution in [3.8, 4) is 0 Å². The van der Waals surface area contributed by atoms with E-state index in [1.807, 2.05) is 0 Å². The molecule has 0 radical (unpaired) electrons. The second kappa shape index (κ2) is 8.55. The van der Waals surface area contributed by atoms with Gasteiger partial charge in [0.2, 0.25) is 5.95 Å². The zero-order valence-corrected chi connectivity index (χ0v) is 14.8. The first-order valence-corrected chi connectivity index (χ1v) is 8.46. The maximum atomic E-state index is 13.2. The molecule has 3 rings (SSSR count). The number of carbonyl (C=O) groups excluding carboxylic acids is 1. The minimum atomic E-state index is -0.518. The van der Waals surface area contributed by atoms with Crippen LogP contribution in [0.2, 0.25) is 5.02 Å². The van der Waals surface area contributed by atoms with Gasteiger partial charge < -0.3 is 10.6 Å². The summed E-state index contributed by atoms with van der Waals surface area (Å²) in [6, 6.07) is 10.3. The first-order chi connectivity index (χ1) is 13.0. The van der Waals surface area contributed by atoms with E-state index < -0.39 is 5.82 Å². The molecule has 0 saturated carbocycles. The van der Waals surface area contributed by atoms with Crippen LogP contribution in [-0.2, 0) is 6.42 Å². The molecule has 0 unspecified atom stereocenters. The van der Waals surface area contributed by atoms with Gasteiger partial charge in [0.1, 0.15) is 11.6 Å². The SMILES string of the molecule is O=C(NCCc1ccc(F)cc1)c1cnc(Nc2ccc(F)c(Cl)c2)nc1. The van der Waals surface area contributed by atoms with E-state index in [9.17, 15) is 13.6 Å². The Labute approximate surface area is 159 Å². The van der Waals surface area contributed by atoms with E-state index in [1.165, 1.54) is 42.7 Å². The molecule has 0 aliphatic carbocycles. The van der Waals surface area contributed by atoms with Crippen molar-refractivity contribution in [3.05, 3.63) is 82.6 Å². The highest BCUT2D eigenvalue weighted by Gasteiger charge is 2.08. The van der Waals surface area contributed by atoms with Crippen molar-refractivity contribution in [2.45, 2.75) is 6.42 Å². The van der Waals surface area contributed by atoms with Crippen LogP contribution in [0.4, 0.5) is 20.4 Å². The van der Waals surface area contributed by atoms with Gasteiger partial charge in [-0.2, -0.15) is 0 Å². The number of nitrogens with one attached hydrogen (secondary N) is 2. The predicted octanol–water partition coefficient (Wildman–Crippen LogP) is 4.12. The molecule has 1 amide bonds. The molecule has 0 saturated heterocycles. The minimum absolute atomic E-state index is 0.0165. The summed E-state index contributed by atoms with van der Waals surface area (Å²) in [4.78, 5) is 20.2. The molecule has 0 fully saturated rings. The fourth-order valence-corrected chi connectivity index (χ4v) is 2.47. The van der Waals surface area contributed by atoms with Gasteiger partial charge in [-0.25, -0.2) is 18.7 Å². The minimum Gasteiger partial charge on any atom is -0.352 e. The number of hydrogen-bond acceptors (Lipinski definition) is 4. The van der Waals surface area contributed by atoms with E-state index in [2.05, 4.69) is 20.6 Å². The Morgan fingerprint density at radius 3 is 2.41 bits per heavy atom. The summed E-state index contributed by atoms with van der Waals surface area (Å²) in [6.45, 7) is 0.401. The normalized spacial score (nSPS) is 10.5. The van der Waals surface area contributed by atoms with Crippen LogP contribution in [0, 0.1) is 11.6 Å². The molecule has 1 aromatic heterocycles. The standard InChI is InChI=1S/C19H15ClF2N4O/c20-16-9-15(5-6-17(16)22)26-19-24-10-13(11-25-19)18(27)23-8-7-12-1-3-14(21)4-2-12/h1-6,9-11H,7-8H2,(H,23,27)(H,24,25,26). The van der Waals surface area contributed by atoms with Gasteiger partial charge in [-0.3, -0.25) is 4.79 Å². The van der Waals surface area contributed by atoms with E-state index in [4.69, 9.17) is 11.6 Å². The first kappa shape index (κ1) is 18.7. The van der Waals surface area contributed by atoms with Crippen molar-refractivity contribution in [1.29, 1.82) is 0 Å². The zero-order valence-electron chi connectivity index (χ0n) is 14.0. The molecule has 5 nitrogen and oxygen atoms in total. The van der Waals surface area contributed by atoms with Crippen LogP contribution in [-0.4, -0.2) is 22.4 Å². The maximum Gasteiger partial charge on any atom is 0.254 e. The Morgan fingerprint density at radius 1 is 1.04 bits per heavy atom. The van der Waals surface area contributed by atoms with Crippen LogP contribution in [0.3, 0.4) is 0 Å². The monoisotopic (exact) mass is 388 g/mol. The van der Waals surface area contributed by atoms with Gasteiger partial charge in [0.15, 0.2) is 0 Å². The smallest absolute Gasteiger partial charge is 0.254 e. The van der Waals surface area contributed by atoms with E-state index in [0.717, 1.165) is 5.56 Å². The fourth-order valence-electron chi connectivity index (χ4n) is 2.29. The highest BCUT2D eigenvalue weighted by atomic mass is 35.5. The lowest BCUT2D eigenvalue weighted by atomic mass is 10.1. The molecular weight excluding hydrogens is 374 g/mol. The lowest BCUT2D eigenvalue weighted by Gasteiger charge is -2.07. The molecule has 0 bridgehead atoms. The number of benzene rings is 2. The Morgan fingerprint density at radius 2 is 1.74 bits per heavy atom. The summed E-state index contributed by atoms with van der Waals surface area (Å²) in [6.07, 6.45) is 3.35. The third kappa shape index (κ3) is 5.21. The number of hydrogen-bond donors (Lipinski definition) is 2. The first-order valence-electron chi connectivity index (χ1n) is 8.08. The van der Waals surface area contributed by atoms with Crippen LogP contribution < -0.4 is 10.6 Å². The van der Waals surface area contributed by atoms with Gasteiger partial charge in [0.05, 0.1) is 10.6 Å².